The van der Waals surface area contributed by atoms with Crippen LogP contribution in [0.5, 0.6) is 0 Å². The van der Waals surface area contributed by atoms with Gasteiger partial charge in [0.05, 0.1) is 50.2 Å². The van der Waals surface area contributed by atoms with Crippen LogP contribution in [0.15, 0.2) is 249 Å². The lowest BCUT2D eigenvalue weighted by atomic mass is 9.99. The van der Waals surface area contributed by atoms with Crippen molar-refractivity contribution in [1.29, 1.82) is 0 Å². The SMILES string of the molecule is c1ccc(-c2ccc(-c3ccc(-c4cc(-c5ccccc5)nc(-n5c6ccccc6c6cc(-n7c8ccccc8c8ccccc87)cc(-n7c8ccccc8c8ccccc87)c65)n4)cc3)cc2)cc1. The van der Waals surface area contributed by atoms with Gasteiger partial charge in [0.1, 0.15) is 0 Å². The highest BCUT2D eigenvalue weighted by Gasteiger charge is 2.25. The first-order valence-corrected chi connectivity index (χ1v) is 23.5. The van der Waals surface area contributed by atoms with Crippen LogP contribution < -0.4 is 0 Å². The van der Waals surface area contributed by atoms with Gasteiger partial charge in [-0.25, -0.2) is 9.97 Å². The Kier molecular flexibility index (Phi) is 8.83. The number of aromatic nitrogens is 5. The van der Waals surface area contributed by atoms with E-state index in [1.54, 1.807) is 0 Å². The number of hydrogen-bond donors (Lipinski definition) is 0. The Morgan fingerprint density at radius 3 is 1.04 bits per heavy atom. The van der Waals surface area contributed by atoms with Crippen LogP contribution in [0, 0.1) is 0 Å². The van der Waals surface area contributed by atoms with E-state index < -0.39 is 0 Å². The fourth-order valence-electron chi connectivity index (χ4n) is 10.7. The van der Waals surface area contributed by atoms with E-state index in [0.717, 1.165) is 88.9 Å². The smallest absolute Gasteiger partial charge is 0.235 e. The fraction of sp³-hybridized carbons (Fsp3) is 0. The standard InChI is InChI=1S/C64H41N5/c1-3-17-42(18-4-1)43-31-33-44(34-32-43)45-35-37-47(38-36-45)56-41-55(46-19-5-2-6-20-46)65-64(66-56)69-61-30-16-11-25-53(61)54-39-48(67-57-26-12-7-21-49(57)50-22-8-13-27-58(50)67)40-62(63(54)69)68-59-28-14-9-23-51(59)52-24-10-15-29-60(52)68/h1-41H. The molecule has 0 amide bonds. The highest BCUT2D eigenvalue weighted by atomic mass is 15.2. The monoisotopic (exact) mass is 879 g/mol. The number of rotatable bonds is 7. The first-order chi connectivity index (χ1) is 34.2. The van der Waals surface area contributed by atoms with Crippen LogP contribution >= 0.6 is 0 Å². The lowest BCUT2D eigenvalue weighted by molar-refractivity contribution is 0.988. The van der Waals surface area contributed by atoms with Gasteiger partial charge in [-0.1, -0.05) is 200 Å². The lowest BCUT2D eigenvalue weighted by Gasteiger charge is -2.17. The molecule has 0 radical (unpaired) electrons. The minimum absolute atomic E-state index is 0.602. The van der Waals surface area contributed by atoms with Crippen molar-refractivity contribution >= 4 is 65.4 Å². The minimum atomic E-state index is 0.602. The van der Waals surface area contributed by atoms with Gasteiger partial charge in [0.2, 0.25) is 5.95 Å². The Hall–Kier alpha value is -9.32. The van der Waals surface area contributed by atoms with Gasteiger partial charge in [0, 0.05) is 49.1 Å². The number of nitrogens with zero attached hydrogens (tertiary/aromatic N) is 5. The number of hydrogen-bond acceptors (Lipinski definition) is 2. The van der Waals surface area contributed by atoms with Crippen molar-refractivity contribution in [2.75, 3.05) is 0 Å². The molecule has 4 heterocycles. The molecular formula is C64H41N5. The summed E-state index contributed by atoms with van der Waals surface area (Å²) in [6.45, 7) is 0. The van der Waals surface area contributed by atoms with Crippen LogP contribution in [0.1, 0.15) is 0 Å². The molecule has 0 spiro atoms. The van der Waals surface area contributed by atoms with Crippen molar-refractivity contribution in [2.24, 2.45) is 0 Å². The number of fused-ring (bicyclic) bond motifs is 9. The Bertz CT molecular complexity index is 4170. The predicted molar refractivity (Wildman–Crippen MR) is 287 cm³/mol. The zero-order chi connectivity index (χ0) is 45.4. The van der Waals surface area contributed by atoms with Gasteiger partial charge in [-0.05, 0) is 70.8 Å². The molecule has 0 aliphatic carbocycles. The summed E-state index contributed by atoms with van der Waals surface area (Å²) in [5.74, 6) is 0.602. The van der Waals surface area contributed by atoms with Gasteiger partial charge in [-0.3, -0.25) is 4.57 Å². The van der Waals surface area contributed by atoms with E-state index in [-0.39, 0.29) is 0 Å². The van der Waals surface area contributed by atoms with Crippen molar-refractivity contribution in [3.05, 3.63) is 249 Å². The molecule has 0 aliphatic rings. The first-order valence-electron chi connectivity index (χ1n) is 23.5. The normalized spacial score (nSPS) is 11.8. The molecule has 14 rings (SSSR count). The van der Waals surface area contributed by atoms with Crippen molar-refractivity contribution in [3.63, 3.8) is 0 Å². The van der Waals surface area contributed by atoms with Crippen LogP contribution in [0.25, 0.3) is 128 Å². The van der Waals surface area contributed by atoms with E-state index in [1.807, 2.05) is 0 Å². The maximum atomic E-state index is 5.56. The van der Waals surface area contributed by atoms with E-state index in [0.29, 0.717) is 5.95 Å². The van der Waals surface area contributed by atoms with Crippen LogP contribution in [0.4, 0.5) is 0 Å². The molecular weight excluding hydrogens is 839 g/mol. The second-order valence-electron chi connectivity index (χ2n) is 17.8. The minimum Gasteiger partial charge on any atom is -0.309 e. The Balaban J connectivity index is 1.04. The third-order valence-corrected chi connectivity index (χ3v) is 13.9. The van der Waals surface area contributed by atoms with Crippen LogP contribution in [0.3, 0.4) is 0 Å². The third-order valence-electron chi connectivity index (χ3n) is 13.9. The van der Waals surface area contributed by atoms with Gasteiger partial charge < -0.3 is 9.13 Å². The third kappa shape index (κ3) is 6.25. The molecule has 322 valence electrons. The Morgan fingerprint density at radius 2 is 0.580 bits per heavy atom. The highest BCUT2D eigenvalue weighted by molar-refractivity contribution is 6.16. The molecule has 0 saturated carbocycles. The van der Waals surface area contributed by atoms with Crippen molar-refractivity contribution in [3.8, 4) is 62.1 Å². The van der Waals surface area contributed by atoms with Gasteiger partial charge in [0.25, 0.3) is 0 Å². The van der Waals surface area contributed by atoms with E-state index in [9.17, 15) is 0 Å². The van der Waals surface area contributed by atoms with E-state index in [2.05, 4.69) is 262 Å². The summed E-state index contributed by atoms with van der Waals surface area (Å²) >= 11 is 0. The molecule has 69 heavy (non-hydrogen) atoms. The molecule has 0 bridgehead atoms. The largest absolute Gasteiger partial charge is 0.309 e. The first kappa shape index (κ1) is 38.9. The van der Waals surface area contributed by atoms with Crippen LogP contribution in [0.2, 0.25) is 0 Å². The highest BCUT2D eigenvalue weighted by Crippen LogP contribution is 2.43. The molecule has 0 atom stereocenters. The van der Waals surface area contributed by atoms with Crippen LogP contribution in [-0.2, 0) is 0 Å². The van der Waals surface area contributed by atoms with E-state index >= 15 is 0 Å². The summed E-state index contributed by atoms with van der Waals surface area (Å²) in [5, 5.41) is 7.08. The molecule has 5 heteroatoms. The zero-order valence-electron chi connectivity index (χ0n) is 37.4. The number of benzene rings is 10. The van der Waals surface area contributed by atoms with E-state index in [4.69, 9.17) is 9.97 Å². The van der Waals surface area contributed by atoms with Crippen LogP contribution in [-0.4, -0.2) is 23.7 Å². The molecule has 0 unspecified atom stereocenters. The van der Waals surface area contributed by atoms with Crippen molar-refractivity contribution in [2.45, 2.75) is 0 Å². The maximum absolute atomic E-state index is 5.56. The molecule has 0 saturated heterocycles. The summed E-state index contributed by atoms with van der Waals surface area (Å²) in [6.07, 6.45) is 0. The lowest BCUT2D eigenvalue weighted by Crippen LogP contribution is -2.07. The Morgan fingerprint density at radius 1 is 0.246 bits per heavy atom. The molecule has 10 aromatic carbocycles. The Labute approximate surface area is 398 Å². The molecule has 14 aromatic rings. The second kappa shape index (κ2) is 15.7. The summed E-state index contributed by atoms with van der Waals surface area (Å²) < 4.78 is 7.18. The van der Waals surface area contributed by atoms with Crippen molar-refractivity contribution < 1.29 is 0 Å². The van der Waals surface area contributed by atoms with Crippen molar-refractivity contribution in [1.82, 2.24) is 23.7 Å². The quantitative estimate of drug-likeness (QED) is 0.160. The van der Waals surface area contributed by atoms with Gasteiger partial charge in [0.15, 0.2) is 0 Å². The summed E-state index contributed by atoms with van der Waals surface area (Å²) in [4.78, 5) is 11.1. The van der Waals surface area contributed by atoms with E-state index in [1.165, 1.54) is 32.7 Å². The molecule has 5 nitrogen and oxygen atoms in total. The number of para-hydroxylation sites is 5. The van der Waals surface area contributed by atoms with Gasteiger partial charge in [-0.2, -0.15) is 0 Å². The topological polar surface area (TPSA) is 40.6 Å². The maximum Gasteiger partial charge on any atom is 0.235 e. The molecule has 4 aromatic heterocycles. The summed E-state index contributed by atoms with van der Waals surface area (Å²) in [6, 6.07) is 89.2. The molecule has 0 fully saturated rings. The fourth-order valence-corrected chi connectivity index (χ4v) is 10.7. The zero-order valence-corrected chi connectivity index (χ0v) is 37.4. The molecule has 0 aliphatic heterocycles. The van der Waals surface area contributed by atoms with Gasteiger partial charge in [-0.15, -0.1) is 0 Å². The van der Waals surface area contributed by atoms with Gasteiger partial charge >= 0.3 is 0 Å². The predicted octanol–water partition coefficient (Wildman–Crippen LogP) is 16.4. The average Bonchev–Trinajstić information content (AvgIpc) is 4.07. The summed E-state index contributed by atoms with van der Waals surface area (Å²) in [7, 11) is 0. The second-order valence-corrected chi connectivity index (χ2v) is 17.8. The molecule has 0 N–H and O–H groups in total. The average molecular weight is 880 g/mol. The summed E-state index contributed by atoms with van der Waals surface area (Å²) in [5.41, 5.74) is 17.2.